The van der Waals surface area contributed by atoms with Crippen LogP contribution in [0.2, 0.25) is 5.15 Å². The van der Waals surface area contributed by atoms with E-state index in [1.54, 1.807) is 6.20 Å². The van der Waals surface area contributed by atoms with Gasteiger partial charge in [-0.2, -0.15) is 5.10 Å². The van der Waals surface area contributed by atoms with Crippen molar-refractivity contribution in [3.05, 3.63) is 47.2 Å². The standard InChI is InChI=1S/C14H15ClN2OS/c15-14-12(18-10-11-5-2-1-3-6-11)9-16-17(14)13-7-4-8-19-13/h1-3,5-6,9,13H,4,7-8,10H2. The Kier molecular flexibility index (Phi) is 3.99. The summed E-state index contributed by atoms with van der Waals surface area (Å²) < 4.78 is 7.61. The maximum absolute atomic E-state index is 6.33. The summed E-state index contributed by atoms with van der Waals surface area (Å²) in [5, 5.41) is 5.32. The minimum Gasteiger partial charge on any atom is -0.484 e. The van der Waals surface area contributed by atoms with E-state index in [9.17, 15) is 0 Å². The molecule has 1 atom stereocenters. The molecular weight excluding hydrogens is 280 g/mol. The van der Waals surface area contributed by atoms with Crippen LogP contribution >= 0.6 is 23.4 Å². The number of benzene rings is 1. The lowest BCUT2D eigenvalue weighted by molar-refractivity contribution is 0.306. The Hall–Kier alpha value is -1.13. The van der Waals surface area contributed by atoms with Gasteiger partial charge in [0.05, 0.1) is 11.6 Å². The van der Waals surface area contributed by atoms with Gasteiger partial charge in [-0.25, -0.2) is 4.68 Å². The normalized spacial score (nSPS) is 18.7. The molecule has 0 bridgehead atoms. The van der Waals surface area contributed by atoms with Gasteiger partial charge in [-0.3, -0.25) is 0 Å². The Labute approximate surface area is 121 Å². The van der Waals surface area contributed by atoms with Gasteiger partial charge in [-0.15, -0.1) is 11.8 Å². The van der Waals surface area contributed by atoms with E-state index in [0.29, 0.717) is 22.9 Å². The maximum atomic E-state index is 6.33. The van der Waals surface area contributed by atoms with Gasteiger partial charge in [0.2, 0.25) is 0 Å². The summed E-state index contributed by atoms with van der Waals surface area (Å²) in [5.41, 5.74) is 1.13. The molecule has 2 aromatic rings. The first-order chi connectivity index (χ1) is 9.34. The zero-order valence-electron chi connectivity index (χ0n) is 10.5. The van der Waals surface area contributed by atoms with E-state index in [1.165, 1.54) is 12.2 Å². The Morgan fingerprint density at radius 3 is 2.95 bits per heavy atom. The first-order valence-corrected chi connectivity index (χ1v) is 7.78. The molecule has 1 aliphatic heterocycles. The minimum absolute atomic E-state index is 0.363. The fraction of sp³-hybridized carbons (Fsp3) is 0.357. The monoisotopic (exact) mass is 294 g/mol. The number of aromatic nitrogens is 2. The van der Waals surface area contributed by atoms with Crippen LogP contribution in [0.15, 0.2) is 36.5 Å². The van der Waals surface area contributed by atoms with Gasteiger partial charge < -0.3 is 4.74 Å². The van der Waals surface area contributed by atoms with Crippen LogP contribution < -0.4 is 4.74 Å². The van der Waals surface area contributed by atoms with Gasteiger partial charge in [0.1, 0.15) is 6.61 Å². The highest BCUT2D eigenvalue weighted by atomic mass is 35.5. The van der Waals surface area contributed by atoms with Crippen LogP contribution in [-0.4, -0.2) is 15.5 Å². The summed E-state index contributed by atoms with van der Waals surface area (Å²) in [6, 6.07) is 10.1. The van der Waals surface area contributed by atoms with Gasteiger partial charge in [-0.1, -0.05) is 41.9 Å². The fourth-order valence-corrected chi connectivity index (χ4v) is 3.68. The topological polar surface area (TPSA) is 27.1 Å². The molecule has 3 nitrogen and oxygen atoms in total. The van der Waals surface area contributed by atoms with E-state index in [0.717, 1.165) is 12.0 Å². The van der Waals surface area contributed by atoms with E-state index in [4.69, 9.17) is 16.3 Å². The van der Waals surface area contributed by atoms with Crippen molar-refractivity contribution in [1.29, 1.82) is 0 Å². The molecule has 1 aromatic carbocycles. The van der Waals surface area contributed by atoms with Crippen LogP contribution in [0.5, 0.6) is 5.75 Å². The van der Waals surface area contributed by atoms with E-state index >= 15 is 0 Å². The van der Waals surface area contributed by atoms with Crippen LogP contribution in [0.3, 0.4) is 0 Å². The number of rotatable bonds is 4. The van der Waals surface area contributed by atoms with Crippen molar-refractivity contribution in [2.45, 2.75) is 24.8 Å². The highest BCUT2D eigenvalue weighted by molar-refractivity contribution is 7.99. The Morgan fingerprint density at radius 2 is 2.21 bits per heavy atom. The number of nitrogens with zero attached hydrogens (tertiary/aromatic N) is 2. The summed E-state index contributed by atoms with van der Waals surface area (Å²) in [7, 11) is 0. The van der Waals surface area contributed by atoms with Crippen molar-refractivity contribution >= 4 is 23.4 Å². The zero-order chi connectivity index (χ0) is 13.1. The summed E-state index contributed by atoms with van der Waals surface area (Å²) >= 11 is 8.23. The van der Waals surface area contributed by atoms with E-state index in [-0.39, 0.29) is 0 Å². The number of ether oxygens (including phenoxy) is 1. The van der Waals surface area contributed by atoms with Gasteiger partial charge >= 0.3 is 0 Å². The van der Waals surface area contributed by atoms with E-state index in [2.05, 4.69) is 5.10 Å². The summed E-state index contributed by atoms with van der Waals surface area (Å²) in [6.07, 6.45) is 4.07. The largest absolute Gasteiger partial charge is 0.484 e. The van der Waals surface area contributed by atoms with Crippen molar-refractivity contribution in [2.24, 2.45) is 0 Å². The Balaban J connectivity index is 1.68. The van der Waals surface area contributed by atoms with Crippen molar-refractivity contribution < 1.29 is 4.74 Å². The molecule has 0 saturated carbocycles. The molecule has 1 aliphatic rings. The van der Waals surface area contributed by atoms with Crippen molar-refractivity contribution in [2.75, 3.05) is 5.75 Å². The lowest BCUT2D eigenvalue weighted by Crippen LogP contribution is -2.03. The molecule has 0 amide bonds. The second-order valence-corrected chi connectivity index (χ2v) is 6.13. The molecule has 0 aliphatic carbocycles. The molecule has 0 spiro atoms. The first kappa shape index (κ1) is 12.9. The van der Waals surface area contributed by atoms with Gasteiger partial charge in [0.15, 0.2) is 10.9 Å². The zero-order valence-corrected chi connectivity index (χ0v) is 12.0. The highest BCUT2D eigenvalue weighted by Gasteiger charge is 2.22. The molecule has 100 valence electrons. The Bertz CT molecular complexity index is 538. The molecule has 1 fully saturated rings. The summed E-state index contributed by atoms with van der Waals surface area (Å²) in [4.78, 5) is 0. The van der Waals surface area contributed by atoms with Crippen LogP contribution in [-0.2, 0) is 6.61 Å². The lowest BCUT2D eigenvalue weighted by Gasteiger charge is -2.10. The number of halogens is 1. The second-order valence-electron chi connectivity index (χ2n) is 4.49. The smallest absolute Gasteiger partial charge is 0.176 e. The molecule has 19 heavy (non-hydrogen) atoms. The minimum atomic E-state index is 0.363. The van der Waals surface area contributed by atoms with Crippen molar-refractivity contribution in [3.8, 4) is 5.75 Å². The number of hydrogen-bond donors (Lipinski definition) is 0. The van der Waals surface area contributed by atoms with Gasteiger partial charge in [-0.05, 0) is 24.2 Å². The fourth-order valence-electron chi connectivity index (χ4n) is 2.12. The third-order valence-electron chi connectivity index (χ3n) is 3.12. The third kappa shape index (κ3) is 2.90. The summed E-state index contributed by atoms with van der Waals surface area (Å²) in [6.45, 7) is 0.518. The number of hydrogen-bond acceptors (Lipinski definition) is 3. The molecule has 1 aromatic heterocycles. The second kappa shape index (κ2) is 5.88. The molecule has 2 heterocycles. The SMILES string of the molecule is Clc1c(OCc2ccccc2)cnn1C1CCCS1. The van der Waals surface area contributed by atoms with Gasteiger partial charge in [0.25, 0.3) is 0 Å². The van der Waals surface area contributed by atoms with Gasteiger partial charge in [0, 0.05) is 0 Å². The van der Waals surface area contributed by atoms with E-state index in [1.807, 2.05) is 46.8 Å². The molecule has 1 unspecified atom stereocenters. The number of thioether (sulfide) groups is 1. The molecule has 3 rings (SSSR count). The lowest BCUT2D eigenvalue weighted by atomic mass is 10.2. The molecule has 0 radical (unpaired) electrons. The highest BCUT2D eigenvalue weighted by Crippen LogP contribution is 2.39. The maximum Gasteiger partial charge on any atom is 0.176 e. The van der Waals surface area contributed by atoms with Crippen LogP contribution in [0, 0.1) is 0 Å². The average Bonchev–Trinajstić information content (AvgIpc) is 3.07. The third-order valence-corrected chi connectivity index (χ3v) is 4.82. The van der Waals surface area contributed by atoms with Crippen molar-refractivity contribution in [1.82, 2.24) is 9.78 Å². The molecule has 5 heteroatoms. The predicted octanol–water partition coefficient (Wildman–Crippen LogP) is 4.14. The van der Waals surface area contributed by atoms with Crippen LogP contribution in [0.25, 0.3) is 0 Å². The van der Waals surface area contributed by atoms with E-state index < -0.39 is 0 Å². The predicted molar refractivity (Wildman–Crippen MR) is 78.7 cm³/mol. The molecule has 1 saturated heterocycles. The van der Waals surface area contributed by atoms with Crippen molar-refractivity contribution in [3.63, 3.8) is 0 Å². The van der Waals surface area contributed by atoms with Crippen LogP contribution in [0.4, 0.5) is 0 Å². The molecule has 0 N–H and O–H groups in total. The Morgan fingerprint density at radius 1 is 1.37 bits per heavy atom. The van der Waals surface area contributed by atoms with Crippen LogP contribution in [0.1, 0.15) is 23.8 Å². The average molecular weight is 295 g/mol. The molecular formula is C14H15ClN2OS. The first-order valence-electron chi connectivity index (χ1n) is 6.36. The quantitative estimate of drug-likeness (QED) is 0.848. The summed E-state index contributed by atoms with van der Waals surface area (Å²) in [5.74, 6) is 1.85.